The zero-order valence-corrected chi connectivity index (χ0v) is 18.2. The molecule has 0 bridgehead atoms. The zero-order valence-electron chi connectivity index (χ0n) is 18.2. The maximum atomic E-state index is 11.1. The number of nitrogen functional groups attached to an aromatic ring is 1. The van der Waals surface area contributed by atoms with Gasteiger partial charge in [0.15, 0.2) is 6.23 Å². The summed E-state index contributed by atoms with van der Waals surface area (Å²) in [4.78, 5) is 13.0. The van der Waals surface area contributed by atoms with Crippen LogP contribution in [0.5, 0.6) is 0 Å². The first kappa shape index (κ1) is 21.5. The fourth-order valence-electron chi connectivity index (χ4n) is 4.18. The quantitative estimate of drug-likeness (QED) is 0.455. The van der Waals surface area contributed by atoms with Gasteiger partial charge in [-0.1, -0.05) is 31.2 Å². The van der Waals surface area contributed by atoms with Crippen molar-refractivity contribution in [3.05, 3.63) is 52.8 Å². The van der Waals surface area contributed by atoms with Gasteiger partial charge in [-0.25, -0.2) is 4.98 Å². The van der Waals surface area contributed by atoms with Crippen molar-refractivity contribution in [3.8, 4) is 0 Å². The summed E-state index contributed by atoms with van der Waals surface area (Å²) < 4.78 is 0. The van der Waals surface area contributed by atoms with Gasteiger partial charge in [-0.05, 0) is 49.7 Å². The number of hydrogen-bond donors (Lipinski definition) is 4. The molecule has 3 heterocycles. The van der Waals surface area contributed by atoms with Crippen molar-refractivity contribution >= 4 is 17.8 Å². The van der Waals surface area contributed by atoms with Crippen LogP contribution in [-0.2, 0) is 13.1 Å². The maximum Gasteiger partial charge on any atom is 0.222 e. The molecule has 166 valence electrons. The summed E-state index contributed by atoms with van der Waals surface area (Å²) in [7, 11) is 0. The van der Waals surface area contributed by atoms with Gasteiger partial charge in [0.25, 0.3) is 0 Å². The van der Waals surface area contributed by atoms with E-state index in [4.69, 9.17) is 5.73 Å². The second kappa shape index (κ2) is 10.1. The largest absolute Gasteiger partial charge is 0.369 e. The van der Waals surface area contributed by atoms with E-state index in [1.807, 2.05) is 17.2 Å². The van der Waals surface area contributed by atoms with Crippen LogP contribution in [0.15, 0.2) is 30.5 Å². The average molecular weight is 424 g/mol. The number of aromatic nitrogens is 2. The summed E-state index contributed by atoms with van der Waals surface area (Å²) in [5.74, 6) is 0.784. The van der Waals surface area contributed by atoms with Gasteiger partial charge in [-0.2, -0.15) is 4.98 Å². The Kier molecular flexibility index (Phi) is 7.01. The third kappa shape index (κ3) is 5.33. The number of nitrogens with two attached hydrogens (primary N) is 1. The predicted octanol–water partition coefficient (Wildman–Crippen LogP) is 2.15. The summed E-state index contributed by atoms with van der Waals surface area (Å²) in [6, 6.07) is 8.69. The number of aliphatic hydroxyl groups excluding tert-OH is 1. The van der Waals surface area contributed by atoms with Crippen LogP contribution in [0.4, 0.5) is 11.8 Å². The van der Waals surface area contributed by atoms with Crippen LogP contribution in [0.25, 0.3) is 6.08 Å². The van der Waals surface area contributed by atoms with E-state index in [-0.39, 0.29) is 5.95 Å². The summed E-state index contributed by atoms with van der Waals surface area (Å²) in [6.07, 6.45) is 5.53. The lowest BCUT2D eigenvalue weighted by molar-refractivity contribution is 0.0296. The lowest BCUT2D eigenvalue weighted by atomic mass is 10.1. The molecular formula is C23H33N7O. The molecule has 4 rings (SSSR count). The van der Waals surface area contributed by atoms with Gasteiger partial charge in [0.2, 0.25) is 5.95 Å². The highest BCUT2D eigenvalue weighted by molar-refractivity contribution is 5.63. The van der Waals surface area contributed by atoms with Gasteiger partial charge < -0.3 is 26.4 Å². The number of likely N-dealkylation sites (tertiary alicyclic amines) is 1. The van der Waals surface area contributed by atoms with Gasteiger partial charge in [0, 0.05) is 32.4 Å². The van der Waals surface area contributed by atoms with Crippen LogP contribution in [-0.4, -0.2) is 57.6 Å². The van der Waals surface area contributed by atoms with Crippen molar-refractivity contribution in [1.82, 2.24) is 25.1 Å². The summed E-state index contributed by atoms with van der Waals surface area (Å²) in [5, 5.41) is 17.6. The number of likely N-dealkylation sites (N-methyl/N-ethyl adjacent to an activating group) is 1. The van der Waals surface area contributed by atoms with Crippen LogP contribution in [0, 0.1) is 0 Å². The molecule has 0 saturated carbocycles. The van der Waals surface area contributed by atoms with Crippen molar-refractivity contribution in [1.29, 1.82) is 0 Å². The van der Waals surface area contributed by atoms with Crippen molar-refractivity contribution in [3.63, 3.8) is 0 Å². The monoisotopic (exact) mass is 423 g/mol. The van der Waals surface area contributed by atoms with E-state index in [0.717, 1.165) is 25.2 Å². The second-order valence-corrected chi connectivity index (χ2v) is 8.17. The van der Waals surface area contributed by atoms with Crippen molar-refractivity contribution in [2.75, 3.05) is 43.8 Å². The van der Waals surface area contributed by atoms with Crippen LogP contribution < -0.4 is 16.4 Å². The topological polar surface area (TPSA) is 103 Å². The van der Waals surface area contributed by atoms with Crippen LogP contribution in [0.1, 0.15) is 48.4 Å². The highest BCUT2D eigenvalue weighted by Gasteiger charge is 2.27. The Morgan fingerprint density at radius 2 is 1.77 bits per heavy atom. The third-order valence-electron chi connectivity index (χ3n) is 5.83. The number of nitrogens with one attached hydrogen (secondary N) is 2. The summed E-state index contributed by atoms with van der Waals surface area (Å²) in [6.45, 7) is 8.47. The molecule has 1 fully saturated rings. The molecular weight excluding hydrogens is 390 g/mol. The highest BCUT2D eigenvalue weighted by atomic mass is 16.3. The van der Waals surface area contributed by atoms with Gasteiger partial charge in [0.1, 0.15) is 5.82 Å². The predicted molar refractivity (Wildman–Crippen MR) is 124 cm³/mol. The fourth-order valence-corrected chi connectivity index (χ4v) is 4.18. The Hall–Kier alpha value is -2.68. The molecule has 1 saturated heterocycles. The number of fused-ring (bicyclic) bond motifs is 1. The van der Waals surface area contributed by atoms with Crippen molar-refractivity contribution in [2.24, 2.45) is 0 Å². The standard InChI is InChI=1S/C23H33N7O/c1-2-25-10-11-26-21-20-19(27-23(24)28-21)9-14-30(22(20)31)16-18-7-5-17(6-8-18)15-29-12-3-4-13-29/h5-9,14,22,25,31H,2-4,10-13,15-16H2,1H3,(H3,24,26,27,28). The molecule has 1 aromatic carbocycles. The van der Waals surface area contributed by atoms with Gasteiger partial charge in [-0.3, -0.25) is 4.90 Å². The molecule has 31 heavy (non-hydrogen) atoms. The van der Waals surface area contributed by atoms with Crippen LogP contribution in [0.2, 0.25) is 0 Å². The second-order valence-electron chi connectivity index (χ2n) is 8.17. The number of aliphatic hydroxyl groups is 1. The molecule has 0 radical (unpaired) electrons. The van der Waals surface area contributed by atoms with Crippen LogP contribution in [0.3, 0.4) is 0 Å². The number of hydrogen-bond acceptors (Lipinski definition) is 8. The number of benzene rings is 1. The molecule has 8 heteroatoms. The lowest BCUT2D eigenvalue weighted by Crippen LogP contribution is -2.29. The first-order valence-electron chi connectivity index (χ1n) is 11.2. The highest BCUT2D eigenvalue weighted by Crippen LogP contribution is 2.33. The first-order chi connectivity index (χ1) is 15.1. The normalized spacial score (nSPS) is 18.4. The molecule has 1 atom stereocenters. The average Bonchev–Trinajstić information content (AvgIpc) is 3.27. The molecule has 0 aliphatic carbocycles. The van der Waals surface area contributed by atoms with E-state index >= 15 is 0 Å². The molecule has 2 aliphatic rings. The van der Waals surface area contributed by atoms with E-state index in [1.165, 1.54) is 31.5 Å². The summed E-state index contributed by atoms with van der Waals surface area (Å²) in [5.41, 5.74) is 9.68. The smallest absolute Gasteiger partial charge is 0.222 e. The van der Waals surface area contributed by atoms with E-state index < -0.39 is 6.23 Å². The van der Waals surface area contributed by atoms with E-state index in [9.17, 15) is 5.11 Å². The minimum atomic E-state index is -0.841. The molecule has 2 aliphatic heterocycles. The Bertz CT molecular complexity index is 894. The minimum Gasteiger partial charge on any atom is -0.369 e. The third-order valence-corrected chi connectivity index (χ3v) is 5.83. The zero-order chi connectivity index (χ0) is 21.6. The Morgan fingerprint density at radius 1 is 1.06 bits per heavy atom. The molecule has 2 aromatic rings. The SMILES string of the molecule is CCNCCNc1nc(N)nc2c1C(O)N(Cc1ccc(CN3CCCC3)cc1)C=C2. The molecule has 0 spiro atoms. The Morgan fingerprint density at radius 3 is 2.48 bits per heavy atom. The molecule has 1 aromatic heterocycles. The number of rotatable bonds is 9. The Balaban J connectivity index is 1.44. The van der Waals surface area contributed by atoms with E-state index in [1.54, 1.807) is 0 Å². The Labute approximate surface area is 184 Å². The van der Waals surface area contributed by atoms with Gasteiger partial charge in [-0.15, -0.1) is 0 Å². The van der Waals surface area contributed by atoms with Gasteiger partial charge in [0.05, 0.1) is 11.3 Å². The lowest BCUT2D eigenvalue weighted by Gasteiger charge is -2.32. The summed E-state index contributed by atoms with van der Waals surface area (Å²) >= 11 is 0. The maximum absolute atomic E-state index is 11.1. The van der Waals surface area contributed by atoms with Gasteiger partial charge >= 0.3 is 0 Å². The molecule has 0 amide bonds. The molecule has 8 nitrogen and oxygen atoms in total. The van der Waals surface area contributed by atoms with Crippen LogP contribution >= 0.6 is 0 Å². The molecule has 5 N–H and O–H groups in total. The number of nitrogens with zero attached hydrogens (tertiary/aromatic N) is 4. The van der Waals surface area contributed by atoms with E-state index in [0.29, 0.717) is 30.2 Å². The van der Waals surface area contributed by atoms with Crippen molar-refractivity contribution < 1.29 is 5.11 Å². The van der Waals surface area contributed by atoms with E-state index in [2.05, 4.69) is 56.7 Å². The number of anilines is 2. The molecule has 1 unspecified atom stereocenters. The van der Waals surface area contributed by atoms with Crippen molar-refractivity contribution in [2.45, 2.75) is 39.1 Å². The fraction of sp³-hybridized carbons (Fsp3) is 0.478. The first-order valence-corrected chi connectivity index (χ1v) is 11.2. The minimum absolute atomic E-state index is 0.198.